The minimum Gasteiger partial charge on any atom is -0.369 e. The predicted molar refractivity (Wildman–Crippen MR) is 91.9 cm³/mol. The van der Waals surface area contributed by atoms with Crippen LogP contribution in [0.5, 0.6) is 0 Å². The molecule has 2 aromatic rings. The molecule has 0 bridgehead atoms. The summed E-state index contributed by atoms with van der Waals surface area (Å²) in [6, 6.07) is 15.1. The van der Waals surface area contributed by atoms with Gasteiger partial charge in [0.05, 0.1) is 4.90 Å². The Labute approximate surface area is 140 Å². The van der Waals surface area contributed by atoms with Crippen LogP contribution in [0.25, 0.3) is 0 Å². The number of carbonyl (C=O) groups is 1. The second-order valence-electron chi connectivity index (χ2n) is 5.01. The molecule has 0 aliphatic heterocycles. The first-order valence-corrected chi connectivity index (χ1v) is 8.60. The van der Waals surface area contributed by atoms with Crippen LogP contribution in [0.1, 0.15) is 15.9 Å². The number of amides is 1. The van der Waals surface area contributed by atoms with E-state index in [-0.39, 0.29) is 10.8 Å². The molecule has 126 valence electrons. The van der Waals surface area contributed by atoms with Crippen LogP contribution in [-0.2, 0) is 16.4 Å². The first-order valence-electron chi connectivity index (χ1n) is 7.16. The molecule has 8 heteroatoms. The normalized spacial score (nSPS) is 10.8. The van der Waals surface area contributed by atoms with Gasteiger partial charge in [0.1, 0.15) is 0 Å². The number of carbonyl (C=O) groups excluding carboxylic acids is 1. The molecule has 5 N–H and O–H groups in total. The van der Waals surface area contributed by atoms with E-state index in [4.69, 9.17) is 11.5 Å². The highest BCUT2D eigenvalue weighted by Crippen LogP contribution is 2.13. The third-order valence-electron chi connectivity index (χ3n) is 3.18. The molecule has 2 aromatic carbocycles. The Morgan fingerprint density at radius 3 is 2.21 bits per heavy atom. The number of hydrogen-bond acceptors (Lipinski definition) is 3. The summed E-state index contributed by atoms with van der Waals surface area (Å²) >= 11 is 0. The lowest BCUT2D eigenvalue weighted by molar-refractivity contribution is 0.0954. The number of sulfonamides is 1. The average molecular weight is 346 g/mol. The van der Waals surface area contributed by atoms with Crippen molar-refractivity contribution in [1.29, 1.82) is 0 Å². The van der Waals surface area contributed by atoms with Crippen LogP contribution in [0.3, 0.4) is 0 Å². The average Bonchev–Trinajstić information content (AvgIpc) is 2.55. The van der Waals surface area contributed by atoms with E-state index < -0.39 is 16.0 Å². The molecule has 0 atom stereocenters. The first kappa shape index (κ1) is 17.5. The minimum absolute atomic E-state index is 0.00738. The van der Waals surface area contributed by atoms with E-state index in [9.17, 15) is 13.2 Å². The van der Waals surface area contributed by atoms with Gasteiger partial charge in [0.2, 0.25) is 5.96 Å². The standard InChI is InChI=1S/C16H18N4O3S/c17-16(18)20-24(22,23)14-8-6-12(7-9-14)10-11-19-15(21)13-4-2-1-3-5-13/h1-9H,10-11H2,(H,19,21)(H4,17,18,20). The molecule has 0 aromatic heterocycles. The fourth-order valence-corrected chi connectivity index (χ4v) is 2.89. The van der Waals surface area contributed by atoms with Crippen LogP contribution in [0, 0.1) is 0 Å². The molecule has 0 radical (unpaired) electrons. The van der Waals surface area contributed by atoms with Gasteiger partial charge < -0.3 is 16.8 Å². The summed E-state index contributed by atoms with van der Waals surface area (Å²) in [5.74, 6) is -0.662. The van der Waals surface area contributed by atoms with Crippen molar-refractivity contribution in [2.75, 3.05) is 6.54 Å². The maximum Gasteiger partial charge on any atom is 0.285 e. The van der Waals surface area contributed by atoms with Gasteiger partial charge in [-0.15, -0.1) is 4.40 Å². The summed E-state index contributed by atoms with van der Waals surface area (Å²) in [6.07, 6.45) is 0.571. The highest BCUT2D eigenvalue weighted by atomic mass is 32.2. The van der Waals surface area contributed by atoms with Gasteiger partial charge in [-0.1, -0.05) is 30.3 Å². The summed E-state index contributed by atoms with van der Waals surface area (Å²) in [4.78, 5) is 11.9. The van der Waals surface area contributed by atoms with E-state index in [1.807, 2.05) is 6.07 Å². The molecule has 0 aliphatic carbocycles. The van der Waals surface area contributed by atoms with Crippen molar-refractivity contribution in [2.24, 2.45) is 15.9 Å². The maximum absolute atomic E-state index is 11.9. The molecular weight excluding hydrogens is 328 g/mol. The van der Waals surface area contributed by atoms with Gasteiger partial charge in [-0.05, 0) is 36.2 Å². The first-order chi connectivity index (χ1) is 11.4. The van der Waals surface area contributed by atoms with Crippen molar-refractivity contribution in [3.8, 4) is 0 Å². The molecule has 24 heavy (non-hydrogen) atoms. The van der Waals surface area contributed by atoms with Crippen molar-refractivity contribution in [3.63, 3.8) is 0 Å². The smallest absolute Gasteiger partial charge is 0.285 e. The number of nitrogens with zero attached hydrogens (tertiary/aromatic N) is 1. The van der Waals surface area contributed by atoms with Crippen molar-refractivity contribution >= 4 is 21.9 Å². The molecule has 1 amide bonds. The van der Waals surface area contributed by atoms with E-state index in [1.54, 1.807) is 36.4 Å². The Balaban J connectivity index is 1.93. The molecule has 0 saturated carbocycles. The zero-order chi connectivity index (χ0) is 17.6. The third-order valence-corrected chi connectivity index (χ3v) is 4.50. The summed E-state index contributed by atoms with van der Waals surface area (Å²) in [7, 11) is -3.88. The summed E-state index contributed by atoms with van der Waals surface area (Å²) in [5, 5.41) is 2.81. The fourth-order valence-electron chi connectivity index (χ4n) is 2.03. The van der Waals surface area contributed by atoms with Crippen LogP contribution in [-0.4, -0.2) is 26.8 Å². The van der Waals surface area contributed by atoms with Gasteiger partial charge in [-0.2, -0.15) is 8.42 Å². The highest BCUT2D eigenvalue weighted by Gasteiger charge is 2.12. The SMILES string of the molecule is NC(N)=NS(=O)(=O)c1ccc(CCNC(=O)c2ccccc2)cc1. The highest BCUT2D eigenvalue weighted by molar-refractivity contribution is 7.90. The second-order valence-corrected chi connectivity index (χ2v) is 6.61. The van der Waals surface area contributed by atoms with Crippen LogP contribution < -0.4 is 16.8 Å². The Bertz CT molecular complexity index is 827. The van der Waals surface area contributed by atoms with E-state index in [0.717, 1.165) is 5.56 Å². The zero-order valence-electron chi connectivity index (χ0n) is 12.8. The van der Waals surface area contributed by atoms with Gasteiger partial charge in [0.15, 0.2) is 0 Å². The molecular formula is C16H18N4O3S. The Morgan fingerprint density at radius 2 is 1.62 bits per heavy atom. The fraction of sp³-hybridized carbons (Fsp3) is 0.125. The summed E-state index contributed by atoms with van der Waals surface area (Å²) < 4.78 is 26.8. The molecule has 2 rings (SSSR count). The van der Waals surface area contributed by atoms with Crippen molar-refractivity contribution in [2.45, 2.75) is 11.3 Å². The zero-order valence-corrected chi connectivity index (χ0v) is 13.7. The van der Waals surface area contributed by atoms with Crippen LogP contribution in [0.4, 0.5) is 0 Å². The molecule has 7 nitrogen and oxygen atoms in total. The number of nitrogens with two attached hydrogens (primary N) is 2. The number of guanidine groups is 1. The van der Waals surface area contributed by atoms with E-state index >= 15 is 0 Å². The monoisotopic (exact) mass is 346 g/mol. The Hall–Kier alpha value is -2.87. The molecule has 0 heterocycles. The Morgan fingerprint density at radius 1 is 1.00 bits per heavy atom. The Kier molecular flexibility index (Phi) is 5.54. The number of benzene rings is 2. The van der Waals surface area contributed by atoms with Crippen molar-refractivity contribution < 1.29 is 13.2 Å². The van der Waals surface area contributed by atoms with Gasteiger partial charge >= 0.3 is 0 Å². The van der Waals surface area contributed by atoms with Gasteiger partial charge in [-0.3, -0.25) is 4.79 Å². The van der Waals surface area contributed by atoms with Crippen molar-refractivity contribution in [3.05, 3.63) is 65.7 Å². The van der Waals surface area contributed by atoms with Gasteiger partial charge in [0.25, 0.3) is 15.9 Å². The molecule has 0 unspecified atom stereocenters. The maximum atomic E-state index is 11.9. The lowest BCUT2D eigenvalue weighted by Crippen LogP contribution is -2.25. The van der Waals surface area contributed by atoms with Crippen LogP contribution in [0.15, 0.2) is 63.9 Å². The second kappa shape index (κ2) is 7.60. The third kappa shape index (κ3) is 4.82. The topological polar surface area (TPSA) is 128 Å². The molecule has 0 fully saturated rings. The van der Waals surface area contributed by atoms with Gasteiger partial charge in [-0.25, -0.2) is 0 Å². The van der Waals surface area contributed by atoms with Crippen molar-refractivity contribution in [1.82, 2.24) is 5.32 Å². The quantitative estimate of drug-likeness (QED) is 0.522. The predicted octanol–water partition coefficient (Wildman–Crippen LogP) is 0.621. The molecule has 0 aliphatic rings. The van der Waals surface area contributed by atoms with E-state index in [1.165, 1.54) is 12.1 Å². The molecule has 0 spiro atoms. The largest absolute Gasteiger partial charge is 0.369 e. The van der Waals surface area contributed by atoms with E-state index in [2.05, 4.69) is 9.71 Å². The number of hydrogen-bond donors (Lipinski definition) is 3. The van der Waals surface area contributed by atoms with Gasteiger partial charge in [0, 0.05) is 12.1 Å². The minimum atomic E-state index is -3.88. The lowest BCUT2D eigenvalue weighted by Gasteiger charge is -2.06. The van der Waals surface area contributed by atoms with E-state index in [0.29, 0.717) is 18.5 Å². The number of rotatable bonds is 6. The lowest BCUT2D eigenvalue weighted by atomic mass is 10.1. The summed E-state index contributed by atoms with van der Waals surface area (Å²) in [5.41, 5.74) is 11.7. The summed E-state index contributed by atoms with van der Waals surface area (Å²) in [6.45, 7) is 0.438. The van der Waals surface area contributed by atoms with Crippen LogP contribution in [0.2, 0.25) is 0 Å². The van der Waals surface area contributed by atoms with Crippen LogP contribution >= 0.6 is 0 Å². The molecule has 0 saturated heterocycles. The number of nitrogens with one attached hydrogen (secondary N) is 1.